The molecule has 0 saturated heterocycles. The zero-order valence-electron chi connectivity index (χ0n) is 9.22. The predicted molar refractivity (Wildman–Crippen MR) is 51.7 cm³/mol. The molecule has 1 aliphatic heterocycles. The summed E-state index contributed by atoms with van der Waals surface area (Å²) in [5, 5.41) is 4.35. The minimum absolute atomic E-state index is 0.106. The molecule has 1 aromatic rings. The van der Waals surface area contributed by atoms with Crippen molar-refractivity contribution >= 4 is 15.9 Å². The molecule has 0 spiro atoms. The van der Waals surface area contributed by atoms with Gasteiger partial charge < -0.3 is 0 Å². The highest BCUT2D eigenvalue weighted by Crippen LogP contribution is 2.52. The van der Waals surface area contributed by atoms with Crippen molar-refractivity contribution in [3.8, 4) is 0 Å². The number of benzene rings is 1. The van der Waals surface area contributed by atoms with Crippen LogP contribution in [0.25, 0.3) is 0 Å². The Labute approximate surface area is 95.1 Å². The molecule has 80 valence electrons. The topological polar surface area (TPSA) is 24.7 Å². The third-order valence-corrected chi connectivity index (χ3v) is 2.55. The van der Waals surface area contributed by atoms with Crippen molar-refractivity contribution in [2.45, 2.75) is 17.1 Å². The standard InChI is InChI=1S/C9H6BrF3N2/c10-5-6-1-3-7(4-2-6)8(14-15-8)9(11,12)13/h1-4H,5H2/i5T2. The largest absolute Gasteiger partial charge is 0.442 e. The summed E-state index contributed by atoms with van der Waals surface area (Å²) < 4.78 is 52.6. The van der Waals surface area contributed by atoms with Gasteiger partial charge in [0.2, 0.25) is 0 Å². The van der Waals surface area contributed by atoms with Crippen LogP contribution in [0.2, 0.25) is 0 Å². The summed E-state index contributed by atoms with van der Waals surface area (Å²) in [6.07, 6.45) is -4.55. The lowest BCUT2D eigenvalue weighted by Crippen LogP contribution is -2.29. The van der Waals surface area contributed by atoms with Crippen molar-refractivity contribution in [3.63, 3.8) is 0 Å². The van der Waals surface area contributed by atoms with Gasteiger partial charge in [0, 0.05) is 13.6 Å². The SMILES string of the molecule is [3H]C([3H])(Br)c1ccc(C2(C(F)(F)F)N=N2)cc1. The fraction of sp³-hybridized carbons (Fsp3) is 0.333. The van der Waals surface area contributed by atoms with Crippen LogP contribution >= 0.6 is 15.9 Å². The summed E-state index contributed by atoms with van der Waals surface area (Å²) >= 11 is 2.78. The Balaban J connectivity index is 2.32. The highest BCUT2D eigenvalue weighted by atomic mass is 79.9. The molecule has 0 fully saturated rings. The van der Waals surface area contributed by atoms with Crippen LogP contribution in [0.4, 0.5) is 13.2 Å². The van der Waals surface area contributed by atoms with Gasteiger partial charge in [-0.3, -0.25) is 0 Å². The van der Waals surface area contributed by atoms with Crippen LogP contribution < -0.4 is 0 Å². The molecule has 1 heterocycles. The third-order valence-electron chi connectivity index (χ3n) is 2.09. The molecule has 2 nitrogen and oxygen atoms in total. The molecule has 1 aliphatic rings. The molecule has 0 saturated carbocycles. The summed E-state index contributed by atoms with van der Waals surface area (Å²) in [6.45, 7) is 0. The Morgan fingerprint density at radius 3 is 2.13 bits per heavy atom. The third kappa shape index (κ3) is 1.67. The van der Waals surface area contributed by atoms with Gasteiger partial charge in [0.1, 0.15) is 0 Å². The first-order valence-corrected chi connectivity index (χ1v) is 4.77. The molecule has 0 radical (unpaired) electrons. The Morgan fingerprint density at radius 2 is 1.80 bits per heavy atom. The van der Waals surface area contributed by atoms with Gasteiger partial charge in [0.05, 0.1) is 0 Å². The summed E-state index contributed by atoms with van der Waals surface area (Å²) in [5.41, 5.74) is -2.31. The first-order chi connectivity index (χ1) is 7.67. The van der Waals surface area contributed by atoms with E-state index in [9.17, 15) is 13.2 Å². The molecular formula is C9H6BrF3N2. The first-order valence-electron chi connectivity index (χ1n) is 4.97. The van der Waals surface area contributed by atoms with Crippen molar-refractivity contribution in [2.75, 3.05) is 0 Å². The second-order valence-electron chi connectivity index (χ2n) is 3.04. The molecule has 2 rings (SSSR count). The van der Waals surface area contributed by atoms with Crippen molar-refractivity contribution in [1.29, 1.82) is 0 Å². The van der Waals surface area contributed by atoms with E-state index in [4.69, 9.17) is 2.74 Å². The van der Waals surface area contributed by atoms with Crippen molar-refractivity contribution in [3.05, 3.63) is 35.4 Å². The molecular weight excluding hydrogens is 273 g/mol. The zero-order valence-corrected chi connectivity index (χ0v) is 8.80. The number of rotatable bonds is 2. The molecule has 15 heavy (non-hydrogen) atoms. The zero-order chi connectivity index (χ0) is 12.9. The lowest BCUT2D eigenvalue weighted by molar-refractivity contribution is -0.166. The van der Waals surface area contributed by atoms with Gasteiger partial charge in [-0.1, -0.05) is 40.2 Å². The van der Waals surface area contributed by atoms with E-state index in [0.29, 0.717) is 0 Å². The number of nitrogens with zero attached hydrogens (tertiary/aromatic N) is 2. The van der Waals surface area contributed by atoms with E-state index >= 15 is 0 Å². The molecule has 6 heteroatoms. The molecule has 0 amide bonds. The van der Waals surface area contributed by atoms with E-state index in [0.717, 1.165) is 0 Å². The average molecular weight is 283 g/mol. The number of alkyl halides is 4. The van der Waals surface area contributed by atoms with Crippen LogP contribution in [0.15, 0.2) is 34.5 Å². The van der Waals surface area contributed by atoms with Gasteiger partial charge in [0.25, 0.3) is 0 Å². The maximum absolute atomic E-state index is 12.6. The van der Waals surface area contributed by atoms with E-state index in [1.54, 1.807) is 0 Å². The summed E-state index contributed by atoms with van der Waals surface area (Å²) in [5.74, 6) is 0. The second-order valence-corrected chi connectivity index (χ2v) is 3.44. The molecule has 0 atom stereocenters. The fourth-order valence-corrected chi connectivity index (χ4v) is 1.47. The minimum Gasteiger partial charge on any atom is -0.166 e. The summed E-state index contributed by atoms with van der Waals surface area (Å²) in [7, 11) is 0. The normalized spacial score (nSPS) is 20.8. The van der Waals surface area contributed by atoms with Gasteiger partial charge >= 0.3 is 11.8 Å². The summed E-state index contributed by atoms with van der Waals surface area (Å²) in [4.78, 5) is 0. The smallest absolute Gasteiger partial charge is 0.166 e. The lowest BCUT2D eigenvalue weighted by atomic mass is 10.0. The molecule has 0 unspecified atom stereocenters. The maximum atomic E-state index is 12.6. The molecule has 0 N–H and O–H groups in total. The van der Waals surface area contributed by atoms with E-state index < -0.39 is 17.1 Å². The van der Waals surface area contributed by atoms with Crippen LogP contribution in [-0.2, 0) is 10.9 Å². The van der Waals surface area contributed by atoms with Gasteiger partial charge in [-0.15, -0.1) is 10.2 Å². The van der Waals surface area contributed by atoms with Gasteiger partial charge in [-0.25, -0.2) is 0 Å². The Kier molecular flexibility index (Phi) is 1.82. The van der Waals surface area contributed by atoms with Gasteiger partial charge in [0.15, 0.2) is 0 Å². The van der Waals surface area contributed by atoms with Crippen molar-refractivity contribution < 1.29 is 15.9 Å². The van der Waals surface area contributed by atoms with E-state index in [-0.39, 0.29) is 11.1 Å². The number of halogens is 4. The predicted octanol–water partition coefficient (Wildman–Crippen LogP) is 3.76. The van der Waals surface area contributed by atoms with Crippen molar-refractivity contribution in [1.82, 2.24) is 0 Å². The monoisotopic (exact) mass is 282 g/mol. The van der Waals surface area contributed by atoms with E-state index in [1.165, 1.54) is 24.3 Å². The molecule has 0 aliphatic carbocycles. The van der Waals surface area contributed by atoms with Crippen LogP contribution in [0.5, 0.6) is 0 Å². The quantitative estimate of drug-likeness (QED) is 0.738. The van der Waals surface area contributed by atoms with Crippen LogP contribution in [0.3, 0.4) is 0 Å². The van der Waals surface area contributed by atoms with Crippen LogP contribution in [-0.4, -0.2) is 6.18 Å². The van der Waals surface area contributed by atoms with Crippen LogP contribution in [0, 0.1) is 0 Å². The highest BCUT2D eigenvalue weighted by Gasteiger charge is 2.65. The Bertz CT molecular complexity index is 459. The number of hydrogen-bond acceptors (Lipinski definition) is 2. The van der Waals surface area contributed by atoms with Crippen LogP contribution in [0.1, 0.15) is 13.9 Å². The maximum Gasteiger partial charge on any atom is 0.442 e. The number of hydrogen-bond donors (Lipinski definition) is 0. The lowest BCUT2D eigenvalue weighted by Gasteiger charge is -2.14. The van der Waals surface area contributed by atoms with E-state index in [1.807, 2.05) is 0 Å². The first kappa shape index (κ1) is 8.27. The summed E-state index contributed by atoms with van der Waals surface area (Å²) in [6, 6.07) is 4.92. The fourth-order valence-electron chi connectivity index (χ4n) is 1.21. The molecule has 0 bridgehead atoms. The highest BCUT2D eigenvalue weighted by molar-refractivity contribution is 9.08. The van der Waals surface area contributed by atoms with Crippen molar-refractivity contribution in [2.24, 2.45) is 10.2 Å². The molecule has 1 aromatic carbocycles. The minimum atomic E-state index is -4.55. The van der Waals surface area contributed by atoms with E-state index in [2.05, 4.69) is 26.2 Å². The Hall–Kier alpha value is -0.910. The second kappa shape index (κ2) is 3.30. The average Bonchev–Trinajstić information content (AvgIpc) is 2.96. The Morgan fingerprint density at radius 1 is 1.27 bits per heavy atom. The van der Waals surface area contributed by atoms with Gasteiger partial charge in [-0.2, -0.15) is 13.2 Å². The van der Waals surface area contributed by atoms with Gasteiger partial charge in [-0.05, 0) is 5.56 Å². The molecule has 0 aromatic heterocycles.